The molecule has 0 aliphatic heterocycles. The van der Waals surface area contributed by atoms with E-state index in [1.165, 1.54) is 0 Å². The minimum absolute atomic E-state index is 0.431. The lowest BCUT2D eigenvalue weighted by Crippen LogP contribution is -1.87. The van der Waals surface area contributed by atoms with E-state index < -0.39 is 0 Å². The maximum atomic E-state index is 5.31. The highest BCUT2D eigenvalue weighted by Crippen LogP contribution is 2.09. The molecule has 0 heterocycles. The van der Waals surface area contributed by atoms with Gasteiger partial charge in [0.2, 0.25) is 0 Å². The molecular weight excluding hydrogens is 236 g/mol. The molecule has 0 aromatic heterocycles. The molecule has 0 rings (SSSR count). The van der Waals surface area contributed by atoms with Crippen LogP contribution >= 0.6 is 0 Å². The van der Waals surface area contributed by atoms with Crippen molar-refractivity contribution in [3.05, 3.63) is 98.5 Å². The first-order valence-electron chi connectivity index (χ1n) is 5.70. The summed E-state index contributed by atoms with van der Waals surface area (Å²) in [6.45, 7) is 20.3. The summed E-state index contributed by atoms with van der Waals surface area (Å²) in [7, 11) is 0. The zero-order valence-corrected chi connectivity index (χ0v) is 11.4. The minimum Gasteiger partial charge on any atom is -0.459 e. The maximum absolute atomic E-state index is 5.31. The number of rotatable bonds is 9. The molecular formula is C17H20O2. The summed E-state index contributed by atoms with van der Waals surface area (Å²) in [4.78, 5) is 0. The third-order valence-electron chi connectivity index (χ3n) is 1.75. The van der Waals surface area contributed by atoms with Gasteiger partial charge in [0.1, 0.15) is 23.0 Å². The highest BCUT2D eigenvalue weighted by molar-refractivity contribution is 5.23. The monoisotopic (exact) mass is 256 g/mol. The van der Waals surface area contributed by atoms with E-state index in [1.807, 2.05) is 13.0 Å². The van der Waals surface area contributed by atoms with Gasteiger partial charge in [-0.15, -0.1) is 0 Å². The highest BCUT2D eigenvalue weighted by Gasteiger charge is 1.94. The second-order valence-corrected chi connectivity index (χ2v) is 3.50. The Morgan fingerprint density at radius 3 is 1.58 bits per heavy atom. The Hall–Kier alpha value is -2.48. The summed E-state index contributed by atoms with van der Waals surface area (Å²) < 4.78 is 10.6. The zero-order chi connectivity index (χ0) is 14.7. The van der Waals surface area contributed by atoms with Crippen LogP contribution in [-0.2, 0) is 9.47 Å². The van der Waals surface area contributed by atoms with Crippen molar-refractivity contribution in [1.29, 1.82) is 0 Å². The Morgan fingerprint density at radius 1 is 0.737 bits per heavy atom. The summed E-state index contributed by atoms with van der Waals surface area (Å²) in [6, 6.07) is 0. The zero-order valence-electron chi connectivity index (χ0n) is 11.4. The molecule has 0 unspecified atom stereocenters. The van der Waals surface area contributed by atoms with Gasteiger partial charge in [-0.1, -0.05) is 51.1 Å². The Bertz CT molecular complexity index is 460. The van der Waals surface area contributed by atoms with Crippen molar-refractivity contribution in [2.75, 3.05) is 0 Å². The van der Waals surface area contributed by atoms with Crippen molar-refractivity contribution in [2.45, 2.75) is 6.92 Å². The topological polar surface area (TPSA) is 18.5 Å². The Balaban J connectivity index is 4.25. The second-order valence-electron chi connectivity index (χ2n) is 3.50. The summed E-state index contributed by atoms with van der Waals surface area (Å²) in [5, 5.41) is 0. The summed E-state index contributed by atoms with van der Waals surface area (Å²) in [5.74, 6) is 1.86. The van der Waals surface area contributed by atoms with E-state index >= 15 is 0 Å². The van der Waals surface area contributed by atoms with E-state index in [2.05, 4.69) is 32.9 Å². The van der Waals surface area contributed by atoms with Crippen molar-refractivity contribution in [2.24, 2.45) is 0 Å². The lowest BCUT2D eigenvalue weighted by molar-refractivity contribution is 0.332. The molecule has 19 heavy (non-hydrogen) atoms. The second kappa shape index (κ2) is 9.54. The Morgan fingerprint density at radius 2 is 1.16 bits per heavy atom. The summed E-state index contributed by atoms with van der Waals surface area (Å²) >= 11 is 0. The van der Waals surface area contributed by atoms with Crippen LogP contribution in [0.5, 0.6) is 0 Å². The van der Waals surface area contributed by atoms with Gasteiger partial charge in [0, 0.05) is 0 Å². The first-order chi connectivity index (χ1) is 8.99. The number of ether oxygens (including phenoxy) is 2. The molecule has 0 spiro atoms. The van der Waals surface area contributed by atoms with Gasteiger partial charge in [0.25, 0.3) is 0 Å². The van der Waals surface area contributed by atoms with Crippen LogP contribution in [0.25, 0.3) is 0 Å². The van der Waals surface area contributed by atoms with Gasteiger partial charge in [-0.2, -0.15) is 0 Å². The smallest absolute Gasteiger partial charge is 0.120 e. The quantitative estimate of drug-likeness (QED) is 0.429. The molecule has 0 atom stereocenters. The fraction of sp³-hybridized carbons (Fsp3) is 0.0588. The van der Waals surface area contributed by atoms with E-state index in [-0.39, 0.29) is 0 Å². The molecule has 0 N–H and O–H groups in total. The van der Waals surface area contributed by atoms with E-state index in [0.29, 0.717) is 23.0 Å². The van der Waals surface area contributed by atoms with Crippen molar-refractivity contribution in [3.8, 4) is 0 Å². The van der Waals surface area contributed by atoms with E-state index in [9.17, 15) is 0 Å². The molecule has 0 saturated carbocycles. The van der Waals surface area contributed by atoms with E-state index in [0.717, 1.165) is 0 Å². The highest BCUT2D eigenvalue weighted by atomic mass is 16.5. The molecule has 2 nitrogen and oxygen atoms in total. The van der Waals surface area contributed by atoms with Gasteiger partial charge in [0.05, 0.1) is 0 Å². The van der Waals surface area contributed by atoms with Crippen LogP contribution in [0.4, 0.5) is 0 Å². The van der Waals surface area contributed by atoms with Crippen LogP contribution in [0.3, 0.4) is 0 Å². The van der Waals surface area contributed by atoms with Gasteiger partial charge >= 0.3 is 0 Å². The average molecular weight is 256 g/mol. The van der Waals surface area contributed by atoms with Crippen molar-refractivity contribution < 1.29 is 9.47 Å². The average Bonchev–Trinajstić information content (AvgIpc) is 2.34. The fourth-order valence-corrected chi connectivity index (χ4v) is 1.02. The predicted molar refractivity (Wildman–Crippen MR) is 82.0 cm³/mol. The molecule has 0 aliphatic rings. The summed E-state index contributed by atoms with van der Waals surface area (Å²) in [5.41, 5.74) is 0. The molecule has 0 aromatic carbocycles. The third-order valence-corrected chi connectivity index (χ3v) is 1.75. The van der Waals surface area contributed by atoms with Crippen LogP contribution in [0.15, 0.2) is 98.5 Å². The normalized spacial score (nSPS) is 10.8. The van der Waals surface area contributed by atoms with E-state index in [1.54, 1.807) is 36.5 Å². The lowest BCUT2D eigenvalue weighted by Gasteiger charge is -2.06. The van der Waals surface area contributed by atoms with Crippen LogP contribution in [0.2, 0.25) is 0 Å². The largest absolute Gasteiger partial charge is 0.459 e. The van der Waals surface area contributed by atoms with Gasteiger partial charge in [-0.05, 0) is 31.2 Å². The number of hydrogen-bond donors (Lipinski definition) is 0. The van der Waals surface area contributed by atoms with Crippen LogP contribution in [0, 0.1) is 0 Å². The molecule has 0 aromatic rings. The third kappa shape index (κ3) is 9.24. The molecule has 100 valence electrons. The SMILES string of the molecule is C=C/C=C\C(=C)OC(=C)/C=C\C(=C)OC(=C)/C=C\C. The van der Waals surface area contributed by atoms with Crippen molar-refractivity contribution in [3.63, 3.8) is 0 Å². The van der Waals surface area contributed by atoms with Gasteiger partial charge in [-0.25, -0.2) is 0 Å². The predicted octanol–water partition coefficient (Wildman–Crippen LogP) is 4.95. The molecule has 0 bridgehead atoms. The first-order valence-corrected chi connectivity index (χ1v) is 5.70. The first kappa shape index (κ1) is 16.5. The van der Waals surface area contributed by atoms with E-state index in [4.69, 9.17) is 9.47 Å². The molecule has 0 aliphatic carbocycles. The molecule has 0 saturated heterocycles. The van der Waals surface area contributed by atoms with Gasteiger partial charge in [0.15, 0.2) is 0 Å². The lowest BCUT2D eigenvalue weighted by atomic mass is 10.4. The van der Waals surface area contributed by atoms with Crippen LogP contribution in [-0.4, -0.2) is 0 Å². The number of allylic oxidation sites excluding steroid dienone is 7. The minimum atomic E-state index is 0.431. The summed E-state index contributed by atoms with van der Waals surface area (Å²) in [6.07, 6.45) is 11.9. The van der Waals surface area contributed by atoms with Gasteiger partial charge < -0.3 is 9.47 Å². The van der Waals surface area contributed by atoms with Crippen molar-refractivity contribution >= 4 is 0 Å². The van der Waals surface area contributed by atoms with Crippen LogP contribution in [0.1, 0.15) is 6.92 Å². The molecule has 2 heteroatoms. The molecule has 0 amide bonds. The Kier molecular flexibility index (Phi) is 8.29. The molecule has 0 radical (unpaired) electrons. The van der Waals surface area contributed by atoms with Crippen LogP contribution < -0.4 is 0 Å². The fourth-order valence-electron chi connectivity index (χ4n) is 1.02. The maximum Gasteiger partial charge on any atom is 0.120 e. The number of hydrogen-bond acceptors (Lipinski definition) is 2. The molecule has 0 fully saturated rings. The Labute approximate surface area is 115 Å². The van der Waals surface area contributed by atoms with Gasteiger partial charge in [-0.3, -0.25) is 0 Å². The standard InChI is InChI=1S/C17H20O2/c1-7-9-11-15(4)19-17(6)13-12-16(5)18-14(3)10-8-2/h7-13H,1,3-6H2,2H3/b10-8-,11-9-,13-12-. The van der Waals surface area contributed by atoms with Crippen molar-refractivity contribution in [1.82, 2.24) is 0 Å².